The van der Waals surface area contributed by atoms with Gasteiger partial charge in [0.25, 0.3) is 5.56 Å². The molecular weight excluding hydrogens is 350 g/mol. The number of hydrogen-bond donors (Lipinski definition) is 1. The fourth-order valence-electron chi connectivity index (χ4n) is 4.12. The number of benzene rings is 1. The Hall–Kier alpha value is -3.00. The van der Waals surface area contributed by atoms with Crippen LogP contribution in [0.15, 0.2) is 52.6 Å². The van der Waals surface area contributed by atoms with Crippen LogP contribution in [0.5, 0.6) is 5.75 Å². The first-order valence-electron chi connectivity index (χ1n) is 9.87. The molecule has 0 bridgehead atoms. The average Bonchev–Trinajstić information content (AvgIpc) is 2.69. The van der Waals surface area contributed by atoms with Gasteiger partial charge in [-0.05, 0) is 24.8 Å². The number of nitriles is 1. The molecule has 0 aliphatic carbocycles. The fraction of sp³-hybridized carbons (Fsp3) is 0.391. The quantitative estimate of drug-likeness (QED) is 0.825. The van der Waals surface area contributed by atoms with Crippen LogP contribution in [0.2, 0.25) is 0 Å². The van der Waals surface area contributed by atoms with Crippen molar-refractivity contribution in [2.24, 2.45) is 11.7 Å². The van der Waals surface area contributed by atoms with Crippen molar-refractivity contribution >= 4 is 0 Å². The Bertz CT molecular complexity index is 979. The standard InChI is InChI=1S/C23H27N3O2/c1-4-17(5-2)20-18(14-24)22(25)28-19-13-15(3)26(23(27)21(19)20)12-11-16-9-7-6-8-10-16/h6-10,13,17,20H,4-5,11-12,25H2,1-3H3. The van der Waals surface area contributed by atoms with Crippen LogP contribution in [0.1, 0.15) is 49.4 Å². The van der Waals surface area contributed by atoms with Crippen molar-refractivity contribution in [2.75, 3.05) is 0 Å². The third-order valence-corrected chi connectivity index (χ3v) is 5.72. The van der Waals surface area contributed by atoms with E-state index < -0.39 is 0 Å². The molecule has 5 nitrogen and oxygen atoms in total. The molecule has 1 atom stereocenters. The van der Waals surface area contributed by atoms with Crippen LogP contribution in [-0.4, -0.2) is 4.57 Å². The molecule has 1 aliphatic rings. The van der Waals surface area contributed by atoms with E-state index in [9.17, 15) is 10.1 Å². The van der Waals surface area contributed by atoms with Crippen molar-refractivity contribution < 1.29 is 4.74 Å². The Morgan fingerprint density at radius 1 is 1.25 bits per heavy atom. The first-order valence-corrected chi connectivity index (χ1v) is 9.87. The van der Waals surface area contributed by atoms with Gasteiger partial charge in [0.2, 0.25) is 5.88 Å². The van der Waals surface area contributed by atoms with Gasteiger partial charge in [0, 0.05) is 24.2 Å². The molecule has 2 aromatic rings. The number of nitrogens with two attached hydrogens (primary N) is 1. The van der Waals surface area contributed by atoms with Gasteiger partial charge in [-0.2, -0.15) is 5.26 Å². The van der Waals surface area contributed by atoms with Crippen molar-refractivity contribution in [1.29, 1.82) is 5.26 Å². The summed E-state index contributed by atoms with van der Waals surface area (Å²) in [5, 5.41) is 9.69. The van der Waals surface area contributed by atoms with Gasteiger partial charge >= 0.3 is 0 Å². The summed E-state index contributed by atoms with van der Waals surface area (Å²) in [5.74, 6) is 0.452. The minimum atomic E-state index is -0.320. The monoisotopic (exact) mass is 377 g/mol. The third kappa shape index (κ3) is 3.55. The Labute approximate surface area is 166 Å². The number of aryl methyl sites for hydroxylation is 2. The van der Waals surface area contributed by atoms with Gasteiger partial charge in [-0.15, -0.1) is 0 Å². The molecule has 3 rings (SSSR count). The van der Waals surface area contributed by atoms with Gasteiger partial charge in [-0.1, -0.05) is 57.0 Å². The molecule has 1 aromatic carbocycles. The van der Waals surface area contributed by atoms with Gasteiger partial charge in [-0.3, -0.25) is 4.79 Å². The van der Waals surface area contributed by atoms with E-state index in [4.69, 9.17) is 10.5 Å². The summed E-state index contributed by atoms with van der Waals surface area (Å²) < 4.78 is 7.50. The van der Waals surface area contributed by atoms with Crippen LogP contribution in [0.4, 0.5) is 0 Å². The molecule has 0 saturated heterocycles. The number of allylic oxidation sites excluding steroid dienone is 1. The van der Waals surface area contributed by atoms with Gasteiger partial charge in [0.15, 0.2) is 0 Å². The highest BCUT2D eigenvalue weighted by molar-refractivity contribution is 5.50. The van der Waals surface area contributed by atoms with Crippen LogP contribution in [-0.2, 0) is 13.0 Å². The van der Waals surface area contributed by atoms with E-state index >= 15 is 0 Å². The zero-order chi connectivity index (χ0) is 20.3. The van der Waals surface area contributed by atoms with Crippen molar-refractivity contribution in [3.63, 3.8) is 0 Å². The van der Waals surface area contributed by atoms with Crippen molar-refractivity contribution in [2.45, 2.75) is 52.5 Å². The van der Waals surface area contributed by atoms with Crippen LogP contribution < -0.4 is 16.0 Å². The van der Waals surface area contributed by atoms with E-state index in [-0.39, 0.29) is 23.3 Å². The second-order valence-electron chi connectivity index (χ2n) is 7.30. The maximum absolute atomic E-state index is 13.5. The average molecular weight is 377 g/mol. The summed E-state index contributed by atoms with van der Waals surface area (Å²) in [6.07, 6.45) is 2.48. The summed E-state index contributed by atoms with van der Waals surface area (Å²) in [7, 11) is 0. The largest absolute Gasteiger partial charge is 0.440 e. The van der Waals surface area contributed by atoms with Crippen molar-refractivity contribution in [3.05, 3.63) is 75.0 Å². The number of pyridine rings is 1. The molecule has 5 heteroatoms. The van der Waals surface area contributed by atoms with Crippen LogP contribution in [0, 0.1) is 24.2 Å². The first-order chi connectivity index (χ1) is 13.5. The molecule has 2 N–H and O–H groups in total. The highest BCUT2D eigenvalue weighted by Gasteiger charge is 2.36. The lowest BCUT2D eigenvalue weighted by molar-refractivity contribution is 0.344. The molecule has 0 fully saturated rings. The van der Waals surface area contributed by atoms with Gasteiger partial charge in [0.1, 0.15) is 11.8 Å². The molecule has 0 amide bonds. The lowest BCUT2D eigenvalue weighted by Gasteiger charge is -2.31. The van der Waals surface area contributed by atoms with Crippen molar-refractivity contribution in [3.8, 4) is 11.8 Å². The van der Waals surface area contributed by atoms with E-state index in [2.05, 4.69) is 32.0 Å². The summed E-state index contributed by atoms with van der Waals surface area (Å²) in [5.41, 5.74) is 8.91. The fourth-order valence-corrected chi connectivity index (χ4v) is 4.12. The topological polar surface area (TPSA) is 81.0 Å². The minimum absolute atomic E-state index is 0.0805. The van der Waals surface area contributed by atoms with Crippen LogP contribution in [0.25, 0.3) is 0 Å². The van der Waals surface area contributed by atoms with Crippen LogP contribution in [0.3, 0.4) is 0 Å². The predicted molar refractivity (Wildman–Crippen MR) is 110 cm³/mol. The molecule has 146 valence electrons. The second kappa shape index (κ2) is 8.35. The van der Waals surface area contributed by atoms with Gasteiger partial charge < -0.3 is 15.0 Å². The highest BCUT2D eigenvalue weighted by atomic mass is 16.5. The SMILES string of the molecule is CCC(CC)C1C(C#N)=C(N)Oc2cc(C)n(CCc3ccccc3)c(=O)c21. The Morgan fingerprint density at radius 2 is 1.93 bits per heavy atom. The van der Waals surface area contributed by atoms with E-state index in [0.29, 0.717) is 23.4 Å². The zero-order valence-corrected chi connectivity index (χ0v) is 16.7. The number of hydrogen-bond acceptors (Lipinski definition) is 4. The lowest BCUT2D eigenvalue weighted by Crippen LogP contribution is -2.35. The number of fused-ring (bicyclic) bond motifs is 1. The molecule has 2 heterocycles. The van der Waals surface area contributed by atoms with Gasteiger partial charge in [0.05, 0.1) is 11.1 Å². The maximum atomic E-state index is 13.5. The van der Waals surface area contributed by atoms with E-state index in [1.165, 1.54) is 5.56 Å². The zero-order valence-electron chi connectivity index (χ0n) is 16.7. The molecule has 1 aromatic heterocycles. The normalized spacial score (nSPS) is 15.9. The smallest absolute Gasteiger partial charge is 0.258 e. The number of aromatic nitrogens is 1. The second-order valence-corrected chi connectivity index (χ2v) is 7.30. The molecule has 1 aliphatic heterocycles. The van der Waals surface area contributed by atoms with Gasteiger partial charge in [-0.25, -0.2) is 0 Å². The Kier molecular flexibility index (Phi) is 5.89. The summed E-state index contributed by atoms with van der Waals surface area (Å²) in [6.45, 7) is 6.65. The van der Waals surface area contributed by atoms with E-state index in [1.54, 1.807) is 4.57 Å². The summed E-state index contributed by atoms with van der Waals surface area (Å²) in [6, 6.07) is 14.2. The number of rotatable bonds is 6. The van der Waals surface area contributed by atoms with Crippen molar-refractivity contribution in [1.82, 2.24) is 4.57 Å². The first kappa shape index (κ1) is 19.8. The molecule has 1 unspecified atom stereocenters. The van der Waals surface area contributed by atoms with E-state index in [1.807, 2.05) is 31.2 Å². The van der Waals surface area contributed by atoms with E-state index in [0.717, 1.165) is 25.0 Å². The molecule has 0 radical (unpaired) electrons. The number of ether oxygens (including phenoxy) is 1. The van der Waals surface area contributed by atoms with Crippen LogP contribution >= 0.6 is 0 Å². The summed E-state index contributed by atoms with van der Waals surface area (Å²) >= 11 is 0. The summed E-state index contributed by atoms with van der Waals surface area (Å²) in [4.78, 5) is 13.5. The molecule has 0 saturated carbocycles. The lowest BCUT2D eigenvalue weighted by atomic mass is 9.77. The molecule has 0 spiro atoms. The maximum Gasteiger partial charge on any atom is 0.258 e. The highest BCUT2D eigenvalue weighted by Crippen LogP contribution is 2.42. The third-order valence-electron chi connectivity index (χ3n) is 5.72. The molecular formula is C23H27N3O2. The predicted octanol–water partition coefficient (Wildman–Crippen LogP) is 4.01. The number of nitrogens with zero attached hydrogens (tertiary/aromatic N) is 2. The molecule has 28 heavy (non-hydrogen) atoms. The Morgan fingerprint density at radius 3 is 2.54 bits per heavy atom. The Balaban J connectivity index is 2.08. The minimum Gasteiger partial charge on any atom is -0.440 e.